The second kappa shape index (κ2) is 10.3. The molecule has 0 heterocycles. The van der Waals surface area contributed by atoms with Gasteiger partial charge in [0.15, 0.2) is 0 Å². The van der Waals surface area contributed by atoms with Gasteiger partial charge in [0.2, 0.25) is 15.9 Å². The molecule has 1 amide bonds. The van der Waals surface area contributed by atoms with Gasteiger partial charge in [-0.15, -0.1) is 0 Å². The molecule has 0 saturated heterocycles. The zero-order valence-corrected chi connectivity index (χ0v) is 19.7. The summed E-state index contributed by atoms with van der Waals surface area (Å²) in [5, 5.41) is 3.22. The molecule has 8 heteroatoms. The fraction of sp³-hybridized carbons (Fsp3) is 0.409. The Morgan fingerprint density at radius 2 is 1.83 bits per heavy atom. The van der Waals surface area contributed by atoms with Crippen LogP contribution in [0.1, 0.15) is 39.2 Å². The van der Waals surface area contributed by atoms with Gasteiger partial charge in [-0.1, -0.05) is 31.5 Å². The number of nitrogens with one attached hydrogen (secondary N) is 1. The van der Waals surface area contributed by atoms with Crippen LogP contribution in [0.2, 0.25) is 5.02 Å². The monoisotopic (exact) mass is 451 g/mol. The fourth-order valence-corrected chi connectivity index (χ4v) is 5.07. The average molecular weight is 452 g/mol. The Kier molecular flexibility index (Phi) is 8.29. The van der Waals surface area contributed by atoms with E-state index in [0.29, 0.717) is 23.6 Å². The summed E-state index contributed by atoms with van der Waals surface area (Å²) in [6.07, 6.45) is 1.02. The van der Waals surface area contributed by atoms with Crippen LogP contribution >= 0.6 is 11.6 Å². The van der Waals surface area contributed by atoms with Crippen LogP contribution in [0.15, 0.2) is 47.4 Å². The lowest BCUT2D eigenvalue weighted by Gasteiger charge is -2.30. The highest BCUT2D eigenvalue weighted by Crippen LogP contribution is 2.29. The van der Waals surface area contributed by atoms with E-state index in [1.54, 1.807) is 25.1 Å². The Labute approximate surface area is 184 Å². The minimum absolute atomic E-state index is 0.0936. The molecule has 0 radical (unpaired) electrons. The largest absolute Gasteiger partial charge is 0.377 e. The van der Waals surface area contributed by atoms with Crippen molar-refractivity contribution in [3.8, 4) is 0 Å². The van der Waals surface area contributed by atoms with Crippen molar-refractivity contribution in [3.63, 3.8) is 0 Å². The van der Waals surface area contributed by atoms with Gasteiger partial charge in [0.05, 0.1) is 4.90 Å². The second-order valence-electron chi connectivity index (χ2n) is 7.40. The van der Waals surface area contributed by atoms with Crippen LogP contribution in [-0.2, 0) is 21.4 Å². The van der Waals surface area contributed by atoms with Gasteiger partial charge in [0.25, 0.3) is 0 Å². The number of sulfonamides is 1. The molecule has 1 N–H and O–H groups in total. The molecule has 0 fully saturated rings. The van der Waals surface area contributed by atoms with Gasteiger partial charge in [-0.2, -0.15) is 4.31 Å². The van der Waals surface area contributed by atoms with Crippen LogP contribution in [-0.4, -0.2) is 38.8 Å². The Morgan fingerprint density at radius 3 is 2.40 bits per heavy atom. The van der Waals surface area contributed by atoms with Gasteiger partial charge < -0.3 is 10.2 Å². The highest BCUT2D eigenvalue weighted by atomic mass is 35.5. The molecule has 2 aromatic rings. The zero-order valence-electron chi connectivity index (χ0n) is 18.1. The van der Waals surface area contributed by atoms with E-state index in [2.05, 4.69) is 5.32 Å². The number of hydrogen-bond acceptors (Lipinski definition) is 4. The Balaban J connectivity index is 2.52. The molecule has 2 rings (SSSR count). The first-order valence-electron chi connectivity index (χ1n) is 9.97. The molecule has 0 bridgehead atoms. The number of carbonyl (C=O) groups is 1. The molecule has 0 spiro atoms. The van der Waals surface area contributed by atoms with Crippen molar-refractivity contribution in [1.82, 2.24) is 4.31 Å². The number of anilines is 2. The van der Waals surface area contributed by atoms with E-state index in [9.17, 15) is 13.2 Å². The first-order valence-corrected chi connectivity index (χ1v) is 11.8. The van der Waals surface area contributed by atoms with Crippen LogP contribution in [0.25, 0.3) is 0 Å². The van der Waals surface area contributed by atoms with Crippen LogP contribution in [0, 0.1) is 0 Å². The van der Waals surface area contributed by atoms with Crippen molar-refractivity contribution in [2.24, 2.45) is 0 Å². The van der Waals surface area contributed by atoms with E-state index >= 15 is 0 Å². The van der Waals surface area contributed by atoms with Gasteiger partial charge in [0, 0.05) is 49.5 Å². The van der Waals surface area contributed by atoms with E-state index in [0.717, 1.165) is 11.3 Å². The molecular weight excluding hydrogens is 422 g/mol. The molecular formula is C22H30ClN3O3S. The lowest BCUT2D eigenvalue weighted by Crippen LogP contribution is -2.38. The van der Waals surface area contributed by atoms with Gasteiger partial charge in [-0.25, -0.2) is 8.42 Å². The quantitative estimate of drug-likeness (QED) is 0.597. The Hall–Kier alpha value is -2.09. The molecule has 1 atom stereocenters. The summed E-state index contributed by atoms with van der Waals surface area (Å²) in [5.74, 6) is -0.0936. The number of amides is 1. The van der Waals surface area contributed by atoms with Crippen molar-refractivity contribution in [2.45, 2.75) is 51.1 Å². The molecule has 0 aliphatic rings. The molecule has 30 heavy (non-hydrogen) atoms. The highest BCUT2D eigenvalue weighted by molar-refractivity contribution is 7.89. The van der Waals surface area contributed by atoms with E-state index in [4.69, 9.17) is 11.6 Å². The molecule has 0 aliphatic carbocycles. The number of nitrogens with zero attached hydrogens (tertiary/aromatic N) is 2. The SMILES string of the molecule is CCC(=O)Nc1ccc(N(C)C)c(CN(C(C)CC)S(=O)(=O)c2cccc(Cl)c2)c1. The third-order valence-electron chi connectivity index (χ3n) is 4.98. The summed E-state index contributed by atoms with van der Waals surface area (Å²) < 4.78 is 28.4. The maximum absolute atomic E-state index is 13.5. The van der Waals surface area contributed by atoms with Crippen molar-refractivity contribution in [3.05, 3.63) is 53.1 Å². The van der Waals surface area contributed by atoms with Crippen molar-refractivity contribution in [2.75, 3.05) is 24.3 Å². The van der Waals surface area contributed by atoms with Gasteiger partial charge in [0.1, 0.15) is 0 Å². The number of benzene rings is 2. The Bertz CT molecular complexity index is 993. The maximum atomic E-state index is 13.5. The van der Waals surface area contributed by atoms with E-state index in [-0.39, 0.29) is 23.4 Å². The number of carbonyl (C=O) groups excluding carboxylic acids is 1. The topological polar surface area (TPSA) is 69.7 Å². The number of halogens is 1. The highest BCUT2D eigenvalue weighted by Gasteiger charge is 2.29. The van der Waals surface area contributed by atoms with Gasteiger partial charge >= 0.3 is 0 Å². The molecule has 1 unspecified atom stereocenters. The molecule has 0 saturated carbocycles. The summed E-state index contributed by atoms with van der Waals surface area (Å²) in [6.45, 7) is 5.80. The average Bonchev–Trinajstić information content (AvgIpc) is 2.71. The normalized spacial score (nSPS) is 12.6. The van der Waals surface area contributed by atoms with Gasteiger partial charge in [-0.05, 0) is 55.3 Å². The molecule has 2 aromatic carbocycles. The maximum Gasteiger partial charge on any atom is 0.243 e. The minimum Gasteiger partial charge on any atom is -0.377 e. The predicted molar refractivity (Wildman–Crippen MR) is 124 cm³/mol. The molecule has 0 aliphatic heterocycles. The zero-order chi connectivity index (χ0) is 22.5. The van der Waals surface area contributed by atoms with Crippen molar-refractivity contribution in [1.29, 1.82) is 0 Å². The third-order valence-corrected chi connectivity index (χ3v) is 7.17. The Morgan fingerprint density at radius 1 is 1.13 bits per heavy atom. The summed E-state index contributed by atoms with van der Waals surface area (Å²) >= 11 is 6.05. The first-order chi connectivity index (χ1) is 14.1. The summed E-state index contributed by atoms with van der Waals surface area (Å²) in [7, 11) is 0.0368. The van der Waals surface area contributed by atoms with Crippen LogP contribution in [0.4, 0.5) is 11.4 Å². The number of rotatable bonds is 9. The van der Waals surface area contributed by atoms with E-state index in [1.807, 2.05) is 51.0 Å². The van der Waals surface area contributed by atoms with Crippen molar-refractivity contribution < 1.29 is 13.2 Å². The van der Waals surface area contributed by atoms with Crippen LogP contribution in [0.5, 0.6) is 0 Å². The number of hydrogen-bond donors (Lipinski definition) is 1. The summed E-state index contributed by atoms with van der Waals surface area (Å²) in [6, 6.07) is 11.6. The second-order valence-corrected chi connectivity index (χ2v) is 9.73. The van der Waals surface area contributed by atoms with Crippen molar-refractivity contribution >= 4 is 38.9 Å². The van der Waals surface area contributed by atoms with Crippen LogP contribution < -0.4 is 10.2 Å². The fourth-order valence-electron chi connectivity index (χ4n) is 3.09. The molecule has 0 aromatic heterocycles. The molecule has 164 valence electrons. The lowest BCUT2D eigenvalue weighted by molar-refractivity contribution is -0.115. The summed E-state index contributed by atoms with van der Waals surface area (Å²) in [4.78, 5) is 13.9. The van der Waals surface area contributed by atoms with E-state index < -0.39 is 10.0 Å². The minimum atomic E-state index is -3.77. The smallest absolute Gasteiger partial charge is 0.243 e. The van der Waals surface area contributed by atoms with Gasteiger partial charge in [-0.3, -0.25) is 4.79 Å². The third kappa shape index (κ3) is 5.74. The molecule has 6 nitrogen and oxygen atoms in total. The predicted octanol–water partition coefficient (Wildman–Crippen LogP) is 4.74. The summed E-state index contributed by atoms with van der Waals surface area (Å²) in [5.41, 5.74) is 2.34. The lowest BCUT2D eigenvalue weighted by atomic mass is 10.1. The standard InChI is InChI=1S/C22H30ClN3O3S/c1-6-16(3)26(30(28,29)20-10-8-9-18(23)14-20)15-17-13-19(24-22(27)7-2)11-12-21(17)25(4)5/h8-14,16H,6-7,15H2,1-5H3,(H,24,27). The van der Waals surface area contributed by atoms with Crippen LogP contribution in [0.3, 0.4) is 0 Å². The first kappa shape index (κ1) is 24.2. The van der Waals surface area contributed by atoms with E-state index in [1.165, 1.54) is 10.4 Å².